The first-order chi connectivity index (χ1) is 15.2. The van der Waals surface area contributed by atoms with Crippen LogP contribution in [-0.4, -0.2) is 28.5 Å². The average Bonchev–Trinajstić information content (AvgIpc) is 3.31. The highest BCUT2D eigenvalue weighted by Crippen LogP contribution is 2.39. The molecule has 0 N–H and O–H groups in total. The highest BCUT2D eigenvalue weighted by Gasteiger charge is 2.40. The molecule has 2 aliphatic carbocycles. The Morgan fingerprint density at radius 2 is 1.76 bits per heavy atom. The van der Waals surface area contributed by atoms with Gasteiger partial charge in [-0.1, -0.05) is 82.9 Å². The minimum absolute atomic E-state index is 0.00782. The maximum Gasteiger partial charge on any atom is 0.222 e. The Hall–Kier alpha value is -1.34. The number of hydrogen-bond donors (Lipinski definition) is 0. The van der Waals surface area contributed by atoms with E-state index in [0.717, 1.165) is 35.7 Å². The zero-order valence-corrected chi connectivity index (χ0v) is 23.8. The first-order valence-corrected chi connectivity index (χ1v) is 13.0. The van der Waals surface area contributed by atoms with Gasteiger partial charge in [-0.15, -0.1) is 0 Å². The number of allylic oxidation sites excluding steroid dienone is 6. The lowest BCUT2D eigenvalue weighted by Crippen LogP contribution is -2.38. The molecule has 1 aliphatic heterocycles. The summed E-state index contributed by atoms with van der Waals surface area (Å²) in [5.74, 6) is -0.00782. The van der Waals surface area contributed by atoms with Crippen LogP contribution in [0.4, 0.5) is 0 Å². The molecule has 1 heterocycles. The predicted octanol–water partition coefficient (Wildman–Crippen LogP) is 7.88. The van der Waals surface area contributed by atoms with E-state index in [4.69, 9.17) is 4.99 Å². The van der Waals surface area contributed by atoms with E-state index in [0.29, 0.717) is 17.9 Å². The largest absolute Gasteiger partial charge is 0.300 e. The standard InChI is InChI=1S/C13H18BrNO3.C13H18BrN/c1-9(16)8-13(2,3)12(15(17)18)7-10-4-5-11(14)6-10;1-9-8-13(2,3)12(15-9)7-10-4-5-11(14)6-10/h5-6,12H,4,7-8H2,1-3H3;5-6,12H,4,7-8H2,1-3H3. The third-order valence-corrected chi connectivity index (χ3v) is 7.67. The lowest BCUT2D eigenvalue weighted by Gasteiger charge is -2.27. The molecule has 0 saturated heterocycles. The topological polar surface area (TPSA) is 72.6 Å². The van der Waals surface area contributed by atoms with E-state index in [1.807, 2.05) is 12.2 Å². The summed E-state index contributed by atoms with van der Waals surface area (Å²) in [4.78, 5) is 27.0. The number of nitrogens with zero attached hydrogens (tertiary/aromatic N) is 2. The van der Waals surface area contributed by atoms with Crippen LogP contribution < -0.4 is 0 Å². The molecule has 0 aromatic heterocycles. The highest BCUT2D eigenvalue weighted by atomic mass is 79.9. The minimum Gasteiger partial charge on any atom is -0.300 e. The molecular weight excluding hydrogens is 548 g/mol. The number of hydrogen-bond acceptors (Lipinski definition) is 4. The molecule has 7 heteroatoms. The zero-order chi connectivity index (χ0) is 25.0. The van der Waals surface area contributed by atoms with Gasteiger partial charge in [0, 0.05) is 37.9 Å². The average molecular weight is 584 g/mol. The van der Waals surface area contributed by atoms with Crippen molar-refractivity contribution in [3.63, 3.8) is 0 Å². The van der Waals surface area contributed by atoms with Crippen LogP contribution in [0.15, 0.2) is 49.4 Å². The van der Waals surface area contributed by atoms with Gasteiger partial charge in [-0.2, -0.15) is 0 Å². The van der Waals surface area contributed by atoms with Gasteiger partial charge in [0.15, 0.2) is 0 Å². The zero-order valence-electron chi connectivity index (χ0n) is 20.6. The van der Waals surface area contributed by atoms with Crippen molar-refractivity contribution in [2.24, 2.45) is 15.8 Å². The van der Waals surface area contributed by atoms with Crippen LogP contribution in [0, 0.1) is 20.9 Å². The Kier molecular flexibility index (Phi) is 9.63. The van der Waals surface area contributed by atoms with Gasteiger partial charge >= 0.3 is 0 Å². The quantitative estimate of drug-likeness (QED) is 0.215. The molecule has 33 heavy (non-hydrogen) atoms. The number of aliphatic imine (C=N–C) groups is 1. The van der Waals surface area contributed by atoms with Crippen molar-refractivity contribution in [1.29, 1.82) is 0 Å². The van der Waals surface area contributed by atoms with E-state index < -0.39 is 11.5 Å². The lowest BCUT2D eigenvalue weighted by atomic mass is 9.77. The first kappa shape index (κ1) is 27.9. The number of carbonyl (C=O) groups excluding carboxylic acids is 1. The van der Waals surface area contributed by atoms with Crippen molar-refractivity contribution in [2.75, 3.05) is 0 Å². The number of carbonyl (C=O) groups is 1. The fraction of sp³-hybridized carbons (Fsp3) is 0.615. The molecule has 182 valence electrons. The summed E-state index contributed by atoms with van der Waals surface area (Å²) < 4.78 is 2.21. The third-order valence-electron chi connectivity index (χ3n) is 6.56. The van der Waals surface area contributed by atoms with Crippen molar-refractivity contribution < 1.29 is 9.72 Å². The fourth-order valence-electron chi connectivity index (χ4n) is 4.85. The Morgan fingerprint density at radius 1 is 1.21 bits per heavy atom. The number of halogens is 2. The van der Waals surface area contributed by atoms with Crippen molar-refractivity contribution in [3.05, 3.63) is 54.5 Å². The van der Waals surface area contributed by atoms with Gasteiger partial charge in [0.1, 0.15) is 5.78 Å². The summed E-state index contributed by atoms with van der Waals surface area (Å²) in [5.41, 5.74) is 3.60. The van der Waals surface area contributed by atoms with Gasteiger partial charge in [-0.25, -0.2) is 0 Å². The van der Waals surface area contributed by atoms with Crippen LogP contribution in [-0.2, 0) is 4.79 Å². The van der Waals surface area contributed by atoms with E-state index in [1.54, 1.807) is 13.8 Å². The van der Waals surface area contributed by atoms with Crippen molar-refractivity contribution in [1.82, 2.24) is 0 Å². The van der Waals surface area contributed by atoms with Crippen LogP contribution in [0.1, 0.15) is 80.1 Å². The van der Waals surface area contributed by atoms with Crippen molar-refractivity contribution in [3.8, 4) is 0 Å². The smallest absolute Gasteiger partial charge is 0.222 e. The maximum absolute atomic E-state index is 11.2. The molecule has 0 aromatic carbocycles. The molecule has 0 bridgehead atoms. The van der Waals surface area contributed by atoms with Crippen LogP contribution in [0.25, 0.3) is 0 Å². The number of Topliss-reactive ketones (excluding diaryl/α,β-unsaturated/α-hetero) is 1. The summed E-state index contributed by atoms with van der Waals surface area (Å²) in [6.07, 6.45) is 13.2. The third kappa shape index (κ3) is 8.43. The molecule has 3 rings (SSSR count). The van der Waals surface area contributed by atoms with Gasteiger partial charge in [-0.3, -0.25) is 15.1 Å². The SMILES string of the molecule is CC(=O)CC(C)(C)C(CC1=CC(Br)=CC1)[N+](=O)[O-].CC1=NC(CC2=CC(Br)=CC2)C(C)(C)C1. The summed E-state index contributed by atoms with van der Waals surface area (Å²) in [5, 5.41) is 11.2. The van der Waals surface area contributed by atoms with Gasteiger partial charge < -0.3 is 4.79 Å². The lowest BCUT2D eigenvalue weighted by molar-refractivity contribution is -0.540. The normalized spacial score (nSPS) is 22.4. The number of rotatable bonds is 8. The second-order valence-electron chi connectivity index (χ2n) is 10.8. The second-order valence-corrected chi connectivity index (χ2v) is 12.6. The van der Waals surface area contributed by atoms with Crippen LogP contribution in [0.5, 0.6) is 0 Å². The summed E-state index contributed by atoms with van der Waals surface area (Å²) in [7, 11) is 0. The van der Waals surface area contributed by atoms with E-state index in [9.17, 15) is 14.9 Å². The summed E-state index contributed by atoms with van der Waals surface area (Å²) >= 11 is 6.87. The molecule has 2 atom stereocenters. The summed E-state index contributed by atoms with van der Waals surface area (Å²) in [6.45, 7) is 11.9. The van der Waals surface area contributed by atoms with Crippen LogP contribution in [0.2, 0.25) is 0 Å². The van der Waals surface area contributed by atoms with E-state index >= 15 is 0 Å². The molecule has 3 aliphatic rings. The van der Waals surface area contributed by atoms with Gasteiger partial charge in [0.25, 0.3) is 0 Å². The second kappa shape index (κ2) is 11.4. The van der Waals surface area contributed by atoms with Crippen LogP contribution in [0.3, 0.4) is 0 Å². The number of nitro groups is 1. The molecule has 0 radical (unpaired) electrons. The van der Waals surface area contributed by atoms with E-state index in [-0.39, 0.29) is 17.1 Å². The molecule has 2 unspecified atom stereocenters. The Bertz CT molecular complexity index is 939. The molecule has 0 amide bonds. The maximum atomic E-state index is 11.2. The molecule has 5 nitrogen and oxygen atoms in total. The van der Waals surface area contributed by atoms with Crippen molar-refractivity contribution >= 4 is 43.4 Å². The molecule has 0 saturated carbocycles. The monoisotopic (exact) mass is 582 g/mol. The Morgan fingerprint density at radius 3 is 2.15 bits per heavy atom. The minimum atomic E-state index is -0.723. The van der Waals surface area contributed by atoms with Gasteiger partial charge in [0.2, 0.25) is 6.04 Å². The van der Waals surface area contributed by atoms with Gasteiger partial charge in [-0.05, 0) is 57.1 Å². The molecule has 0 aromatic rings. The van der Waals surface area contributed by atoms with Crippen molar-refractivity contribution in [2.45, 2.75) is 92.2 Å². The van der Waals surface area contributed by atoms with Crippen LogP contribution >= 0.6 is 31.9 Å². The molecule has 0 spiro atoms. The number of ketones is 1. The highest BCUT2D eigenvalue weighted by molar-refractivity contribution is 9.12. The first-order valence-electron chi connectivity index (χ1n) is 11.5. The van der Waals surface area contributed by atoms with E-state index in [2.05, 4.69) is 64.8 Å². The molecule has 0 fully saturated rings. The predicted molar refractivity (Wildman–Crippen MR) is 144 cm³/mol. The van der Waals surface area contributed by atoms with Gasteiger partial charge in [0.05, 0.1) is 6.04 Å². The van der Waals surface area contributed by atoms with E-state index in [1.165, 1.54) is 22.7 Å². The Balaban J connectivity index is 0.000000237. The molecular formula is C26H36Br2N2O3. The Labute approximate surface area is 215 Å². The fourth-order valence-corrected chi connectivity index (χ4v) is 5.82. The summed E-state index contributed by atoms with van der Waals surface area (Å²) in [6, 6.07) is -0.241.